The van der Waals surface area contributed by atoms with E-state index < -0.39 is 0 Å². The fraction of sp³-hybridized carbons (Fsp3) is 0.476. The van der Waals surface area contributed by atoms with Gasteiger partial charge < -0.3 is 14.2 Å². The van der Waals surface area contributed by atoms with Gasteiger partial charge in [-0.15, -0.1) is 11.3 Å². The molecule has 0 bridgehead atoms. The summed E-state index contributed by atoms with van der Waals surface area (Å²) in [6.45, 7) is 5.41. The number of benzene rings is 1. The molecule has 3 aromatic rings. The van der Waals surface area contributed by atoms with Crippen LogP contribution in [0.15, 0.2) is 29.8 Å². The lowest BCUT2D eigenvalue weighted by Gasteiger charge is -2.26. The van der Waals surface area contributed by atoms with Crippen molar-refractivity contribution in [2.45, 2.75) is 39.0 Å². The van der Waals surface area contributed by atoms with Crippen LogP contribution in [0.1, 0.15) is 29.8 Å². The number of ether oxygens (including phenoxy) is 3. The number of thiazole rings is 1. The van der Waals surface area contributed by atoms with Crippen molar-refractivity contribution in [2.24, 2.45) is 0 Å². The average molecular weight is 402 g/mol. The number of rotatable bonds is 8. The number of imidazole rings is 1. The molecular formula is C21H27N3O3S. The first-order valence-electron chi connectivity index (χ1n) is 9.64. The molecule has 3 heterocycles. The van der Waals surface area contributed by atoms with Gasteiger partial charge in [-0.1, -0.05) is 12.1 Å². The van der Waals surface area contributed by atoms with E-state index in [2.05, 4.69) is 33.9 Å². The van der Waals surface area contributed by atoms with Crippen molar-refractivity contribution in [1.82, 2.24) is 14.3 Å². The molecule has 6 nitrogen and oxygen atoms in total. The lowest BCUT2D eigenvalue weighted by Crippen LogP contribution is -2.32. The molecule has 1 atom stereocenters. The van der Waals surface area contributed by atoms with Gasteiger partial charge >= 0.3 is 0 Å². The monoisotopic (exact) mass is 401 g/mol. The minimum atomic E-state index is 0.280. The fourth-order valence-electron chi connectivity index (χ4n) is 3.92. The smallest absolute Gasteiger partial charge is 0.194 e. The van der Waals surface area contributed by atoms with Crippen LogP contribution in [0.2, 0.25) is 0 Å². The van der Waals surface area contributed by atoms with E-state index in [0.29, 0.717) is 0 Å². The number of nitrogens with zero attached hydrogens (tertiary/aromatic N) is 3. The summed E-state index contributed by atoms with van der Waals surface area (Å²) in [5.41, 5.74) is 3.43. The summed E-state index contributed by atoms with van der Waals surface area (Å²) >= 11 is 1.67. The second kappa shape index (κ2) is 8.51. The van der Waals surface area contributed by atoms with Crippen molar-refractivity contribution in [3.8, 4) is 11.5 Å². The molecule has 0 N–H and O–H groups in total. The third-order valence-electron chi connectivity index (χ3n) is 5.30. The first-order chi connectivity index (χ1) is 13.7. The highest BCUT2D eigenvalue weighted by Gasteiger charge is 2.23. The number of aryl methyl sites for hydroxylation is 1. The molecule has 4 rings (SSSR count). The first-order valence-corrected chi connectivity index (χ1v) is 10.5. The Morgan fingerprint density at radius 1 is 1.29 bits per heavy atom. The quantitative estimate of drug-likeness (QED) is 0.573. The van der Waals surface area contributed by atoms with Crippen LogP contribution >= 0.6 is 11.3 Å². The van der Waals surface area contributed by atoms with Crippen molar-refractivity contribution in [1.29, 1.82) is 0 Å². The zero-order chi connectivity index (χ0) is 19.5. The van der Waals surface area contributed by atoms with Gasteiger partial charge in [0.15, 0.2) is 16.5 Å². The van der Waals surface area contributed by atoms with E-state index in [0.717, 1.165) is 66.8 Å². The molecule has 1 aromatic carbocycles. The summed E-state index contributed by atoms with van der Waals surface area (Å²) in [5, 5.41) is 2.08. The van der Waals surface area contributed by atoms with Crippen LogP contribution in [0, 0.1) is 6.92 Å². The zero-order valence-corrected chi connectivity index (χ0v) is 17.5. The van der Waals surface area contributed by atoms with E-state index in [1.807, 2.05) is 12.1 Å². The van der Waals surface area contributed by atoms with Gasteiger partial charge in [0, 0.05) is 43.4 Å². The molecule has 1 fully saturated rings. The topological polar surface area (TPSA) is 48.2 Å². The molecule has 0 amide bonds. The molecule has 150 valence electrons. The van der Waals surface area contributed by atoms with E-state index in [-0.39, 0.29) is 6.10 Å². The number of fused-ring (bicyclic) bond motifs is 1. The number of hydrogen-bond donors (Lipinski definition) is 0. The summed E-state index contributed by atoms with van der Waals surface area (Å²) in [6.07, 6.45) is 4.64. The average Bonchev–Trinajstić information content (AvgIpc) is 3.42. The van der Waals surface area contributed by atoms with Crippen molar-refractivity contribution in [3.63, 3.8) is 0 Å². The maximum Gasteiger partial charge on any atom is 0.194 e. The molecule has 1 aliphatic rings. The van der Waals surface area contributed by atoms with Gasteiger partial charge in [0.25, 0.3) is 0 Å². The van der Waals surface area contributed by atoms with E-state index in [1.165, 1.54) is 5.69 Å². The second-order valence-electron chi connectivity index (χ2n) is 7.16. The van der Waals surface area contributed by atoms with Gasteiger partial charge in [-0.2, -0.15) is 0 Å². The summed E-state index contributed by atoms with van der Waals surface area (Å²) < 4.78 is 19.3. The third kappa shape index (κ3) is 3.87. The predicted molar refractivity (Wildman–Crippen MR) is 110 cm³/mol. The Labute approximate surface area is 169 Å². The Morgan fingerprint density at radius 2 is 2.18 bits per heavy atom. The third-order valence-corrected chi connectivity index (χ3v) is 6.06. The van der Waals surface area contributed by atoms with Crippen LogP contribution in [-0.2, 0) is 17.8 Å². The summed E-state index contributed by atoms with van der Waals surface area (Å²) in [5.74, 6) is 1.56. The van der Waals surface area contributed by atoms with Crippen molar-refractivity contribution < 1.29 is 14.2 Å². The summed E-state index contributed by atoms with van der Waals surface area (Å²) in [7, 11) is 3.37. The standard InChI is InChI=1S/C21H27N3O3S/c1-15-18(24-9-11-28-21(24)22-15)14-23(13-17-7-5-10-27-17)12-16-6-4-8-19(25-2)20(16)26-3/h4,6,8-9,11,17H,5,7,10,12-14H2,1-3H3/t17-/m1/s1. The molecule has 2 aromatic heterocycles. The molecule has 0 unspecified atom stereocenters. The van der Waals surface area contributed by atoms with Gasteiger partial charge in [-0.05, 0) is 25.8 Å². The molecule has 0 aliphatic carbocycles. The maximum atomic E-state index is 5.93. The molecular weight excluding hydrogens is 374 g/mol. The molecule has 0 saturated carbocycles. The normalized spacial score (nSPS) is 16.9. The lowest BCUT2D eigenvalue weighted by atomic mass is 10.1. The van der Waals surface area contributed by atoms with E-state index >= 15 is 0 Å². The van der Waals surface area contributed by atoms with Gasteiger partial charge in [0.05, 0.1) is 31.7 Å². The molecule has 7 heteroatoms. The summed E-state index contributed by atoms with van der Waals surface area (Å²) in [6, 6.07) is 6.05. The molecule has 0 radical (unpaired) electrons. The Bertz CT molecular complexity index is 930. The lowest BCUT2D eigenvalue weighted by molar-refractivity contribution is 0.0670. The zero-order valence-electron chi connectivity index (χ0n) is 16.7. The number of para-hydroxylation sites is 1. The van der Waals surface area contributed by atoms with Crippen LogP contribution < -0.4 is 9.47 Å². The summed E-state index contributed by atoms with van der Waals surface area (Å²) in [4.78, 5) is 8.18. The van der Waals surface area contributed by atoms with Crippen LogP contribution in [0.25, 0.3) is 4.96 Å². The van der Waals surface area contributed by atoms with Gasteiger partial charge in [-0.25, -0.2) is 4.98 Å². The minimum absolute atomic E-state index is 0.280. The molecule has 0 spiro atoms. The molecule has 1 aliphatic heterocycles. The van der Waals surface area contributed by atoms with Crippen LogP contribution in [0.5, 0.6) is 11.5 Å². The van der Waals surface area contributed by atoms with Crippen LogP contribution in [-0.4, -0.2) is 47.8 Å². The largest absolute Gasteiger partial charge is 0.493 e. The van der Waals surface area contributed by atoms with E-state index in [9.17, 15) is 0 Å². The Hall–Kier alpha value is -2.09. The predicted octanol–water partition coefficient (Wildman–Crippen LogP) is 3.90. The molecule has 28 heavy (non-hydrogen) atoms. The Balaban J connectivity index is 1.62. The van der Waals surface area contributed by atoms with Crippen LogP contribution in [0.3, 0.4) is 0 Å². The first kappa shape index (κ1) is 19.2. The highest BCUT2D eigenvalue weighted by molar-refractivity contribution is 7.15. The number of methoxy groups -OCH3 is 2. The fourth-order valence-corrected chi connectivity index (χ4v) is 4.70. The Kier molecular flexibility index (Phi) is 5.85. The van der Waals surface area contributed by atoms with E-state index in [1.54, 1.807) is 25.6 Å². The maximum absolute atomic E-state index is 5.93. The van der Waals surface area contributed by atoms with Crippen molar-refractivity contribution in [3.05, 3.63) is 46.7 Å². The number of hydrogen-bond acceptors (Lipinski definition) is 6. The molecule has 1 saturated heterocycles. The van der Waals surface area contributed by atoms with Crippen molar-refractivity contribution in [2.75, 3.05) is 27.4 Å². The second-order valence-corrected chi connectivity index (χ2v) is 8.03. The van der Waals surface area contributed by atoms with Crippen LogP contribution in [0.4, 0.5) is 0 Å². The van der Waals surface area contributed by atoms with E-state index in [4.69, 9.17) is 19.2 Å². The highest BCUT2D eigenvalue weighted by atomic mass is 32.1. The Morgan fingerprint density at radius 3 is 2.93 bits per heavy atom. The van der Waals surface area contributed by atoms with Gasteiger partial charge in [-0.3, -0.25) is 9.30 Å². The SMILES string of the molecule is COc1cccc(CN(Cc2c(C)nc3sccn23)C[C@H]2CCCO2)c1OC. The van der Waals surface area contributed by atoms with Gasteiger partial charge in [0.1, 0.15) is 0 Å². The highest BCUT2D eigenvalue weighted by Crippen LogP contribution is 2.32. The van der Waals surface area contributed by atoms with Gasteiger partial charge in [0.2, 0.25) is 0 Å². The number of aromatic nitrogens is 2. The van der Waals surface area contributed by atoms with Crippen molar-refractivity contribution >= 4 is 16.3 Å². The minimum Gasteiger partial charge on any atom is -0.493 e.